The lowest BCUT2D eigenvalue weighted by atomic mass is 10.1. The normalized spacial score (nSPS) is 14.6. The van der Waals surface area contributed by atoms with Gasteiger partial charge < -0.3 is 15.3 Å². The van der Waals surface area contributed by atoms with Gasteiger partial charge in [-0.2, -0.15) is 0 Å². The number of aliphatic hydroxyl groups is 2. The molecule has 3 N–H and O–H groups in total. The summed E-state index contributed by atoms with van der Waals surface area (Å²) in [5, 5.41) is 27.2. The van der Waals surface area contributed by atoms with E-state index in [9.17, 15) is 15.0 Å². The van der Waals surface area contributed by atoms with E-state index < -0.39 is 24.6 Å². The van der Waals surface area contributed by atoms with E-state index >= 15 is 0 Å². The Balaban J connectivity index is 2.71. The van der Waals surface area contributed by atoms with E-state index in [1.54, 1.807) is 0 Å². The van der Waals surface area contributed by atoms with Gasteiger partial charge in [0, 0.05) is 18.0 Å². The number of hydrogen-bond acceptors (Lipinski definition) is 5. The fraction of sp³-hybridized carbons (Fsp3) is 0.375. The van der Waals surface area contributed by atoms with Crippen molar-refractivity contribution in [1.82, 2.24) is 9.97 Å². The van der Waals surface area contributed by atoms with Gasteiger partial charge in [0.05, 0.1) is 12.5 Å². The van der Waals surface area contributed by atoms with E-state index in [-0.39, 0.29) is 10.8 Å². The van der Waals surface area contributed by atoms with Crippen LogP contribution in [0.4, 0.5) is 0 Å². The van der Waals surface area contributed by atoms with Crippen molar-refractivity contribution in [2.45, 2.75) is 18.6 Å². The summed E-state index contributed by atoms with van der Waals surface area (Å²) in [4.78, 5) is 17.5. The molecule has 0 radical (unpaired) electrons. The van der Waals surface area contributed by atoms with Crippen LogP contribution < -0.4 is 0 Å². The summed E-state index contributed by atoms with van der Waals surface area (Å²) < 4.78 is 0. The molecule has 0 fully saturated rings. The van der Waals surface area contributed by atoms with Gasteiger partial charge in [0.2, 0.25) is 5.28 Å². The van der Waals surface area contributed by atoms with Crippen LogP contribution in [0.3, 0.4) is 0 Å². The maximum Gasteiger partial charge on any atom is 0.306 e. The van der Waals surface area contributed by atoms with Crippen LogP contribution in [0.15, 0.2) is 12.4 Å². The summed E-state index contributed by atoms with van der Waals surface area (Å²) in [6, 6.07) is 0. The van der Waals surface area contributed by atoms with Crippen molar-refractivity contribution in [3.8, 4) is 0 Å². The smallest absolute Gasteiger partial charge is 0.306 e. The Morgan fingerprint density at radius 1 is 1.40 bits per heavy atom. The van der Waals surface area contributed by atoms with Crippen LogP contribution in [0.5, 0.6) is 0 Å². The quantitative estimate of drug-likeness (QED) is 0.632. The zero-order valence-electron chi connectivity index (χ0n) is 7.54. The molecule has 0 aromatic carbocycles. The zero-order valence-corrected chi connectivity index (χ0v) is 8.29. The van der Waals surface area contributed by atoms with E-state index in [1.165, 1.54) is 12.4 Å². The highest BCUT2D eigenvalue weighted by Gasteiger charge is 2.21. The van der Waals surface area contributed by atoms with Crippen molar-refractivity contribution in [3.05, 3.63) is 23.2 Å². The first-order chi connectivity index (χ1) is 7.00. The molecule has 2 unspecified atom stereocenters. The summed E-state index contributed by atoms with van der Waals surface area (Å²) in [6.45, 7) is 0. The van der Waals surface area contributed by atoms with Crippen LogP contribution in [0.25, 0.3) is 0 Å². The minimum absolute atomic E-state index is 0.0127. The summed E-state index contributed by atoms with van der Waals surface area (Å²) in [7, 11) is 0. The van der Waals surface area contributed by atoms with E-state index in [0.717, 1.165) is 0 Å². The number of nitrogens with zero attached hydrogens (tertiary/aromatic N) is 2. The van der Waals surface area contributed by atoms with E-state index in [0.29, 0.717) is 0 Å². The number of halogens is 1. The Hall–Kier alpha value is -1.24. The molecule has 0 spiro atoms. The van der Waals surface area contributed by atoms with Crippen LogP contribution in [-0.4, -0.2) is 37.4 Å². The lowest BCUT2D eigenvalue weighted by molar-refractivity contribution is -0.141. The molecule has 0 aliphatic carbocycles. The second kappa shape index (κ2) is 5.01. The van der Waals surface area contributed by atoms with Gasteiger partial charge in [0.15, 0.2) is 0 Å². The molecule has 7 heteroatoms. The molecule has 0 aliphatic rings. The van der Waals surface area contributed by atoms with Crippen LogP contribution in [0, 0.1) is 0 Å². The van der Waals surface area contributed by atoms with Crippen molar-refractivity contribution in [2.24, 2.45) is 0 Å². The van der Waals surface area contributed by atoms with Crippen molar-refractivity contribution >= 4 is 17.6 Å². The highest BCUT2D eigenvalue weighted by Crippen LogP contribution is 2.17. The first-order valence-electron chi connectivity index (χ1n) is 4.06. The molecule has 1 aromatic rings. The first kappa shape index (κ1) is 11.8. The number of rotatable bonds is 4. The summed E-state index contributed by atoms with van der Waals surface area (Å²) >= 11 is 5.42. The Morgan fingerprint density at radius 3 is 2.40 bits per heavy atom. The van der Waals surface area contributed by atoms with Gasteiger partial charge in [-0.15, -0.1) is 0 Å². The average Bonchev–Trinajstić information content (AvgIpc) is 2.17. The standard InChI is InChI=1S/C8H9ClN2O4/c9-8-10-2-4(3-11-8)7(15)5(12)1-6(13)14/h2-3,5,7,12,15H,1H2,(H,13,14). The topological polar surface area (TPSA) is 104 Å². The number of hydrogen-bond donors (Lipinski definition) is 3. The summed E-state index contributed by atoms with van der Waals surface area (Å²) in [6.07, 6.45) is -0.828. The van der Waals surface area contributed by atoms with Crippen LogP contribution in [-0.2, 0) is 4.79 Å². The molecule has 0 saturated heterocycles. The third-order valence-electron chi connectivity index (χ3n) is 1.73. The molecule has 1 aromatic heterocycles. The lowest BCUT2D eigenvalue weighted by Crippen LogP contribution is -2.22. The lowest BCUT2D eigenvalue weighted by Gasteiger charge is -2.15. The molecule has 1 rings (SSSR count). The molecule has 2 atom stereocenters. The molecular weight excluding hydrogens is 224 g/mol. The van der Waals surface area contributed by atoms with Crippen LogP contribution >= 0.6 is 11.6 Å². The highest BCUT2D eigenvalue weighted by atomic mass is 35.5. The molecule has 0 saturated carbocycles. The monoisotopic (exact) mass is 232 g/mol. The van der Waals surface area contributed by atoms with Crippen molar-refractivity contribution in [2.75, 3.05) is 0 Å². The molecule has 0 bridgehead atoms. The molecule has 0 amide bonds. The maximum atomic E-state index is 10.3. The number of aliphatic hydroxyl groups excluding tert-OH is 2. The second-order valence-corrected chi connectivity index (χ2v) is 3.23. The summed E-state index contributed by atoms with van der Waals surface area (Å²) in [5.41, 5.74) is 0.216. The number of carbonyl (C=O) groups is 1. The molecule has 1 heterocycles. The van der Waals surface area contributed by atoms with Crippen molar-refractivity contribution in [1.29, 1.82) is 0 Å². The minimum atomic E-state index is -1.40. The second-order valence-electron chi connectivity index (χ2n) is 2.90. The molecule has 82 valence electrons. The number of carboxylic acids is 1. The Morgan fingerprint density at radius 2 is 1.93 bits per heavy atom. The first-order valence-corrected chi connectivity index (χ1v) is 4.44. The Kier molecular flexibility index (Phi) is 3.96. The van der Waals surface area contributed by atoms with Gasteiger partial charge in [0.1, 0.15) is 6.10 Å². The predicted octanol–water partition coefficient (Wildman–Crippen LogP) is -0.001000. The van der Waals surface area contributed by atoms with Crippen molar-refractivity contribution < 1.29 is 20.1 Å². The third kappa shape index (κ3) is 3.43. The van der Waals surface area contributed by atoms with Gasteiger partial charge in [-0.3, -0.25) is 4.79 Å². The van der Waals surface area contributed by atoms with Crippen molar-refractivity contribution in [3.63, 3.8) is 0 Å². The molecule has 0 aliphatic heterocycles. The Bertz CT molecular complexity index is 343. The average molecular weight is 233 g/mol. The van der Waals surface area contributed by atoms with Gasteiger partial charge in [0.25, 0.3) is 0 Å². The number of aliphatic carboxylic acids is 1. The molecular formula is C8H9ClN2O4. The van der Waals surface area contributed by atoms with Gasteiger partial charge in [-0.25, -0.2) is 9.97 Å². The van der Waals surface area contributed by atoms with E-state index in [1.807, 2.05) is 0 Å². The van der Waals surface area contributed by atoms with Crippen LogP contribution in [0.2, 0.25) is 5.28 Å². The largest absolute Gasteiger partial charge is 0.481 e. The van der Waals surface area contributed by atoms with Crippen LogP contribution in [0.1, 0.15) is 18.1 Å². The van der Waals surface area contributed by atoms with E-state index in [4.69, 9.17) is 16.7 Å². The third-order valence-corrected chi connectivity index (χ3v) is 1.93. The summed E-state index contributed by atoms with van der Waals surface area (Å²) in [5.74, 6) is -1.20. The Labute approximate surface area is 90.2 Å². The predicted molar refractivity (Wildman–Crippen MR) is 50.3 cm³/mol. The number of aromatic nitrogens is 2. The van der Waals surface area contributed by atoms with E-state index in [2.05, 4.69) is 9.97 Å². The minimum Gasteiger partial charge on any atom is -0.481 e. The number of carboxylic acid groups (broad SMARTS) is 1. The zero-order chi connectivity index (χ0) is 11.4. The fourth-order valence-electron chi connectivity index (χ4n) is 0.988. The molecule has 15 heavy (non-hydrogen) atoms. The SMILES string of the molecule is O=C(O)CC(O)C(O)c1cnc(Cl)nc1. The highest BCUT2D eigenvalue weighted by molar-refractivity contribution is 6.28. The van der Waals surface area contributed by atoms with Gasteiger partial charge in [-0.1, -0.05) is 0 Å². The van der Waals surface area contributed by atoms with Gasteiger partial charge >= 0.3 is 5.97 Å². The fourth-order valence-corrected chi connectivity index (χ4v) is 1.09. The maximum absolute atomic E-state index is 10.3. The van der Waals surface area contributed by atoms with Gasteiger partial charge in [-0.05, 0) is 11.6 Å². The molecule has 6 nitrogen and oxygen atoms in total.